The third-order valence-electron chi connectivity index (χ3n) is 12.3. The van der Waals surface area contributed by atoms with Gasteiger partial charge in [-0.25, -0.2) is 9.98 Å². The number of nitrogens with one attached hydrogen (secondary N) is 1. The highest BCUT2D eigenvalue weighted by Crippen LogP contribution is 2.87. The molecule has 0 radical (unpaired) electrons. The van der Waals surface area contributed by atoms with Gasteiger partial charge in [0.1, 0.15) is 11.7 Å². The molecule has 9 aromatic rings. The van der Waals surface area contributed by atoms with Gasteiger partial charge in [0.05, 0.1) is 10.5 Å². The van der Waals surface area contributed by atoms with Crippen molar-refractivity contribution in [3.8, 4) is 27.9 Å². The van der Waals surface area contributed by atoms with Gasteiger partial charge in [-0.1, -0.05) is 121 Å². The van der Waals surface area contributed by atoms with Crippen LogP contribution in [0.4, 0.5) is 0 Å². The van der Waals surface area contributed by atoms with E-state index in [1.807, 2.05) is 23.5 Å². The largest absolute Gasteiger partial charge is 0.324 e. The van der Waals surface area contributed by atoms with Gasteiger partial charge in [-0.05, 0) is 70.6 Å². The van der Waals surface area contributed by atoms with E-state index < -0.39 is 14.9 Å². The van der Waals surface area contributed by atoms with Crippen molar-refractivity contribution in [2.24, 2.45) is 9.98 Å². The topological polar surface area (TPSA) is 41.7 Å². The van der Waals surface area contributed by atoms with Crippen molar-refractivity contribution in [1.82, 2.24) is 9.88 Å². The number of nitrogens with zero attached hydrogens (tertiary/aromatic N) is 3. The Morgan fingerprint density at radius 2 is 1.36 bits per heavy atom. The summed E-state index contributed by atoms with van der Waals surface area (Å²) in [5.41, 5.74) is 11.7. The number of fused-ring (bicyclic) bond motifs is 9. The highest BCUT2D eigenvalue weighted by molar-refractivity contribution is 8.49. The van der Waals surface area contributed by atoms with Gasteiger partial charge in [-0.15, -0.1) is 20.1 Å². The molecule has 0 saturated carbocycles. The predicted octanol–water partition coefficient (Wildman–Crippen LogP) is 12.7. The molecule has 56 heavy (non-hydrogen) atoms. The van der Waals surface area contributed by atoms with Crippen LogP contribution < -0.4 is 5.32 Å². The van der Waals surface area contributed by atoms with Gasteiger partial charge >= 0.3 is 0 Å². The first-order valence-electron chi connectivity index (χ1n) is 19.0. The van der Waals surface area contributed by atoms with Crippen LogP contribution in [0.1, 0.15) is 28.4 Å². The fourth-order valence-electron chi connectivity index (χ4n) is 9.87. The highest BCUT2D eigenvalue weighted by Gasteiger charge is 2.51. The Kier molecular flexibility index (Phi) is 5.80. The lowest BCUT2D eigenvalue weighted by atomic mass is 9.94. The van der Waals surface area contributed by atoms with Gasteiger partial charge in [-0.2, -0.15) is 0 Å². The van der Waals surface area contributed by atoms with Crippen molar-refractivity contribution < 1.29 is 0 Å². The Hall–Kier alpha value is -6.60. The van der Waals surface area contributed by atoms with Crippen LogP contribution in [0.2, 0.25) is 0 Å². The quantitative estimate of drug-likeness (QED) is 0.179. The molecule has 7 aromatic carbocycles. The molecule has 0 saturated heterocycles. The van der Waals surface area contributed by atoms with E-state index in [9.17, 15) is 0 Å². The van der Waals surface area contributed by atoms with Gasteiger partial charge in [-0.3, -0.25) is 0 Å². The lowest BCUT2D eigenvalue weighted by molar-refractivity contribution is 0.755. The second-order valence-electron chi connectivity index (χ2n) is 15.2. The van der Waals surface area contributed by atoms with E-state index in [1.165, 1.54) is 79.4 Å². The van der Waals surface area contributed by atoms with Crippen LogP contribution in [0.25, 0.3) is 65.1 Å². The average molecular weight is 753 g/mol. The Labute approximate surface area is 327 Å². The number of hydrogen-bond acceptors (Lipinski definition) is 4. The predicted molar refractivity (Wildman–Crippen MR) is 237 cm³/mol. The molecule has 0 unspecified atom stereocenters. The van der Waals surface area contributed by atoms with Gasteiger partial charge in [0.2, 0.25) is 0 Å². The molecular formula is C50H32N4S2. The Balaban J connectivity index is 1.17. The first-order chi connectivity index (χ1) is 27.6. The summed E-state index contributed by atoms with van der Waals surface area (Å²) in [5, 5.41) is 11.2. The normalized spacial score (nSPS) is 17.2. The van der Waals surface area contributed by atoms with E-state index in [0.29, 0.717) is 0 Å². The van der Waals surface area contributed by atoms with Crippen LogP contribution in [0.5, 0.6) is 0 Å². The number of amidine groups is 2. The summed E-state index contributed by atoms with van der Waals surface area (Å²) < 4.78 is 5.16. The molecule has 4 bridgehead atoms. The van der Waals surface area contributed by atoms with Crippen LogP contribution in [0.3, 0.4) is 0 Å². The first-order valence-corrected chi connectivity index (χ1v) is 22.0. The summed E-state index contributed by atoms with van der Waals surface area (Å²) in [7, 11) is -3.19. The summed E-state index contributed by atoms with van der Waals surface area (Å²) in [6.45, 7) is 0. The Morgan fingerprint density at radius 1 is 0.607 bits per heavy atom. The van der Waals surface area contributed by atoms with E-state index in [0.717, 1.165) is 28.4 Å². The maximum absolute atomic E-state index is 5.61. The third kappa shape index (κ3) is 3.73. The van der Waals surface area contributed by atoms with Crippen LogP contribution in [0.15, 0.2) is 188 Å². The zero-order chi connectivity index (χ0) is 36.8. The fraction of sp³-hybridized carbons (Fsp3) is 0.0200. The molecule has 0 amide bonds. The molecule has 0 atom stereocenters. The summed E-state index contributed by atoms with van der Waals surface area (Å²) in [4.78, 5) is 13.3. The smallest absolute Gasteiger partial charge is 0.170 e. The van der Waals surface area contributed by atoms with Crippen molar-refractivity contribution in [2.45, 2.75) is 21.0 Å². The summed E-state index contributed by atoms with van der Waals surface area (Å²) in [6, 6.07) is 57.5. The van der Waals surface area contributed by atoms with E-state index in [4.69, 9.17) is 15.9 Å². The molecule has 6 heteroatoms. The number of rotatable bonds is 3. The number of benzene rings is 7. The zero-order valence-corrected chi connectivity index (χ0v) is 31.7. The monoisotopic (exact) mass is 752 g/mol. The van der Waals surface area contributed by atoms with Gasteiger partial charge in [0, 0.05) is 68.9 Å². The molecule has 0 aliphatic carbocycles. The Bertz CT molecular complexity index is 3350. The minimum absolute atomic E-state index is 0.481. The number of aliphatic imine (C=N–C) groups is 2. The van der Waals surface area contributed by atoms with E-state index in [-0.39, 0.29) is 0 Å². The minimum Gasteiger partial charge on any atom is -0.324 e. The number of para-hydroxylation sites is 1. The molecule has 4 nitrogen and oxygen atoms in total. The third-order valence-corrected chi connectivity index (χ3v) is 18.2. The summed E-state index contributed by atoms with van der Waals surface area (Å²) >= 11 is 1.88. The lowest BCUT2D eigenvalue weighted by Crippen LogP contribution is -2.36. The summed E-state index contributed by atoms with van der Waals surface area (Å²) in [6.07, 6.45) is 1.90. The number of aromatic nitrogens is 1. The second-order valence-corrected chi connectivity index (χ2v) is 20.4. The molecule has 2 aromatic heterocycles. The van der Waals surface area contributed by atoms with Gasteiger partial charge in [0.25, 0.3) is 0 Å². The molecule has 6 heterocycles. The number of hydrogen-bond donors (Lipinski definition) is 1. The molecule has 4 aliphatic rings. The highest BCUT2D eigenvalue weighted by atomic mass is 32.3. The molecule has 0 fully saturated rings. The molecule has 4 aliphatic heterocycles. The number of thiophene rings is 1. The van der Waals surface area contributed by atoms with Crippen molar-refractivity contribution >= 4 is 74.8 Å². The molecule has 264 valence electrons. The van der Waals surface area contributed by atoms with Crippen LogP contribution in [-0.4, -0.2) is 22.1 Å². The lowest BCUT2D eigenvalue weighted by Gasteiger charge is -2.43. The van der Waals surface area contributed by atoms with Crippen molar-refractivity contribution in [1.29, 1.82) is 0 Å². The SMILES string of the molecule is C=S123C=Cc4c1n(c1ccccc41)-c1ccc4sc5cccc(c5c4c1)-c1ccc(c2c1)-c1c(C2N=C(c4ccccc4)NC(c4ccccc4)=N2)cccc13. The van der Waals surface area contributed by atoms with Crippen molar-refractivity contribution in [3.05, 3.63) is 185 Å². The molecule has 1 N–H and O–H groups in total. The first kappa shape index (κ1) is 30.7. The standard InChI is InChI=1S/C50H32N4S2/c1-56-27-26-36-35-16-8-9-19-40(35)54(50(36)56)33-23-25-41-39(29-33)45-34(17-10-20-42(45)55-41)32-22-24-37(44(56)28-32)46-38(18-11-21-43(46)56)49-52-47(30-12-4-2-5-13-30)51-48(53-49)31-14-6-3-7-15-31/h2-29,49H,1H2,(H,51,52,53). The van der Waals surface area contributed by atoms with E-state index in [2.05, 4.69) is 167 Å². The zero-order valence-electron chi connectivity index (χ0n) is 30.1. The van der Waals surface area contributed by atoms with Crippen molar-refractivity contribution in [3.63, 3.8) is 0 Å². The maximum atomic E-state index is 5.61. The molecule has 13 rings (SSSR count). The van der Waals surface area contributed by atoms with E-state index in [1.54, 1.807) is 0 Å². The maximum Gasteiger partial charge on any atom is 0.170 e. The molecule has 1 spiro atoms. The van der Waals surface area contributed by atoms with Gasteiger partial charge < -0.3 is 9.88 Å². The van der Waals surface area contributed by atoms with Crippen LogP contribution in [-0.2, 0) is 0 Å². The molecular weight excluding hydrogens is 721 g/mol. The average Bonchev–Trinajstić information content (AvgIpc) is 3.97. The summed E-state index contributed by atoms with van der Waals surface area (Å²) in [5.74, 6) is 7.23. The van der Waals surface area contributed by atoms with E-state index >= 15 is 0 Å². The van der Waals surface area contributed by atoms with Crippen molar-refractivity contribution in [2.75, 3.05) is 0 Å². The fourth-order valence-corrected chi connectivity index (χ4v) is 15.9. The second kappa shape index (κ2) is 10.6. The minimum atomic E-state index is -3.19. The van der Waals surface area contributed by atoms with Crippen LogP contribution in [0, 0.1) is 0 Å². The van der Waals surface area contributed by atoms with Gasteiger partial charge in [0.15, 0.2) is 6.17 Å². The van der Waals surface area contributed by atoms with Crippen LogP contribution >= 0.6 is 20.1 Å². The Morgan fingerprint density at radius 3 is 2.16 bits per heavy atom.